The number of hydrogen-bond donors (Lipinski definition) is 1. The first kappa shape index (κ1) is 20.6. The molecule has 0 bridgehead atoms. The molecule has 29 heavy (non-hydrogen) atoms. The van der Waals surface area contributed by atoms with E-state index in [1.807, 2.05) is 33.8 Å². The van der Waals surface area contributed by atoms with Crippen molar-refractivity contribution in [3.05, 3.63) is 35.4 Å². The summed E-state index contributed by atoms with van der Waals surface area (Å²) in [5.74, 6) is 1.00. The van der Waals surface area contributed by atoms with E-state index in [9.17, 15) is 9.59 Å². The van der Waals surface area contributed by atoms with Crippen LogP contribution in [-0.4, -0.2) is 40.3 Å². The summed E-state index contributed by atoms with van der Waals surface area (Å²) < 4.78 is 12.1. The summed E-state index contributed by atoms with van der Waals surface area (Å²) in [5, 5.41) is 7.98. The van der Waals surface area contributed by atoms with E-state index in [0.29, 0.717) is 35.3 Å². The number of carbonyl (C=O) groups excluding carboxylic acids is 2. The smallest absolute Gasteiger partial charge is 0.305 e. The number of methoxy groups -OCH3 is 1. The molecule has 0 aliphatic heterocycles. The minimum absolute atomic E-state index is 0.0957. The van der Waals surface area contributed by atoms with Crippen LogP contribution < -0.4 is 5.32 Å². The van der Waals surface area contributed by atoms with Crippen molar-refractivity contribution in [1.82, 2.24) is 20.1 Å². The molecule has 0 unspecified atom stereocenters. The molecular formula is C21H26N4O4. The van der Waals surface area contributed by atoms with Gasteiger partial charge in [0.05, 0.1) is 30.0 Å². The van der Waals surface area contributed by atoms with E-state index in [1.54, 1.807) is 16.9 Å². The maximum absolute atomic E-state index is 12.9. The zero-order chi connectivity index (χ0) is 21.1. The van der Waals surface area contributed by atoms with Gasteiger partial charge < -0.3 is 14.5 Å². The molecule has 3 aromatic heterocycles. The predicted molar refractivity (Wildman–Crippen MR) is 109 cm³/mol. The molecule has 0 atom stereocenters. The molecule has 0 spiro atoms. The quantitative estimate of drug-likeness (QED) is 0.482. The number of aromatic nitrogens is 3. The molecule has 8 nitrogen and oxygen atoms in total. The zero-order valence-corrected chi connectivity index (χ0v) is 17.4. The van der Waals surface area contributed by atoms with Gasteiger partial charge in [0.15, 0.2) is 5.65 Å². The minimum Gasteiger partial charge on any atom is -0.469 e. The first-order valence-corrected chi connectivity index (χ1v) is 9.62. The van der Waals surface area contributed by atoms with E-state index in [1.165, 1.54) is 7.11 Å². The molecule has 0 fully saturated rings. The van der Waals surface area contributed by atoms with Crippen LogP contribution in [0.15, 0.2) is 22.7 Å². The van der Waals surface area contributed by atoms with Crippen molar-refractivity contribution in [2.75, 3.05) is 13.7 Å². The highest BCUT2D eigenvalue weighted by molar-refractivity contribution is 6.06. The van der Waals surface area contributed by atoms with Crippen LogP contribution in [0.4, 0.5) is 0 Å². The lowest BCUT2D eigenvalue weighted by Gasteiger charge is -2.11. The Morgan fingerprint density at radius 3 is 2.66 bits per heavy atom. The number of rotatable bonds is 7. The number of esters is 1. The van der Waals surface area contributed by atoms with Crippen molar-refractivity contribution in [1.29, 1.82) is 0 Å². The normalized spacial score (nSPS) is 11.2. The summed E-state index contributed by atoms with van der Waals surface area (Å²) >= 11 is 0. The molecule has 0 radical (unpaired) electrons. The summed E-state index contributed by atoms with van der Waals surface area (Å²) in [4.78, 5) is 28.9. The molecule has 0 aliphatic rings. The minimum atomic E-state index is -0.295. The van der Waals surface area contributed by atoms with Gasteiger partial charge >= 0.3 is 5.97 Å². The fraction of sp³-hybridized carbons (Fsp3) is 0.429. The van der Waals surface area contributed by atoms with Gasteiger partial charge in [0, 0.05) is 24.6 Å². The number of nitrogens with zero attached hydrogens (tertiary/aromatic N) is 3. The Kier molecular flexibility index (Phi) is 6.00. The number of nitrogens with one attached hydrogen (secondary N) is 1. The van der Waals surface area contributed by atoms with Gasteiger partial charge in [-0.15, -0.1) is 0 Å². The standard InChI is InChI=1S/C21H26N4O4/c1-12(2)25-20-17(11-23-25)16(21(27)22-8-6-7-19(26)28-5)10-18(24-20)15-9-13(3)29-14(15)4/h9-12H,6-8H2,1-5H3,(H,22,27). The van der Waals surface area contributed by atoms with Crippen molar-refractivity contribution in [3.63, 3.8) is 0 Å². The van der Waals surface area contributed by atoms with Crippen molar-refractivity contribution < 1.29 is 18.7 Å². The van der Waals surface area contributed by atoms with Crippen LogP contribution in [0.3, 0.4) is 0 Å². The second-order valence-electron chi connectivity index (χ2n) is 7.24. The van der Waals surface area contributed by atoms with Crippen molar-refractivity contribution in [2.24, 2.45) is 0 Å². The highest BCUT2D eigenvalue weighted by atomic mass is 16.5. The molecule has 3 rings (SSSR count). The number of furan rings is 1. The van der Waals surface area contributed by atoms with Crippen LogP contribution >= 0.6 is 0 Å². The number of ether oxygens (including phenoxy) is 1. The molecule has 1 N–H and O–H groups in total. The van der Waals surface area contributed by atoms with Crippen LogP contribution in [0.25, 0.3) is 22.3 Å². The summed E-state index contributed by atoms with van der Waals surface area (Å²) in [6.45, 7) is 8.15. The monoisotopic (exact) mass is 398 g/mol. The molecule has 0 aromatic carbocycles. The van der Waals surface area contributed by atoms with Crippen LogP contribution in [-0.2, 0) is 9.53 Å². The van der Waals surface area contributed by atoms with Crippen LogP contribution in [0.5, 0.6) is 0 Å². The van der Waals surface area contributed by atoms with E-state index in [0.717, 1.165) is 17.1 Å². The van der Waals surface area contributed by atoms with Gasteiger partial charge in [-0.1, -0.05) is 0 Å². The highest BCUT2D eigenvalue weighted by Crippen LogP contribution is 2.30. The highest BCUT2D eigenvalue weighted by Gasteiger charge is 2.20. The Balaban J connectivity index is 1.98. The molecule has 0 aliphatic carbocycles. The SMILES string of the molecule is COC(=O)CCCNC(=O)c1cc(-c2cc(C)oc2C)nc2c1cnn2C(C)C. The number of pyridine rings is 1. The summed E-state index contributed by atoms with van der Waals surface area (Å²) in [6.07, 6.45) is 2.43. The lowest BCUT2D eigenvalue weighted by atomic mass is 10.1. The van der Waals surface area contributed by atoms with Gasteiger partial charge in [0.2, 0.25) is 0 Å². The maximum atomic E-state index is 12.9. The van der Waals surface area contributed by atoms with Gasteiger partial charge in [0.1, 0.15) is 11.5 Å². The second-order valence-corrected chi connectivity index (χ2v) is 7.24. The average molecular weight is 398 g/mol. The summed E-state index contributed by atoms with van der Waals surface area (Å²) in [7, 11) is 1.35. The third kappa shape index (κ3) is 4.31. The Hall–Kier alpha value is -3.16. The van der Waals surface area contributed by atoms with E-state index in [4.69, 9.17) is 9.40 Å². The van der Waals surface area contributed by atoms with Crippen LogP contribution in [0, 0.1) is 13.8 Å². The number of hydrogen-bond acceptors (Lipinski definition) is 6. The molecule has 8 heteroatoms. The third-order valence-electron chi connectivity index (χ3n) is 4.69. The first-order chi connectivity index (χ1) is 13.8. The third-order valence-corrected chi connectivity index (χ3v) is 4.69. The van der Waals surface area contributed by atoms with Crippen LogP contribution in [0.1, 0.15) is 54.6 Å². The van der Waals surface area contributed by atoms with Gasteiger partial charge in [-0.25, -0.2) is 9.67 Å². The summed E-state index contributed by atoms with van der Waals surface area (Å²) in [5.41, 5.74) is 2.65. The van der Waals surface area contributed by atoms with E-state index >= 15 is 0 Å². The van der Waals surface area contributed by atoms with E-state index in [-0.39, 0.29) is 24.3 Å². The van der Waals surface area contributed by atoms with Crippen molar-refractivity contribution in [2.45, 2.75) is 46.6 Å². The van der Waals surface area contributed by atoms with Crippen molar-refractivity contribution in [3.8, 4) is 11.3 Å². The predicted octanol–water partition coefficient (Wildman–Crippen LogP) is 3.57. The number of amides is 1. The molecular weight excluding hydrogens is 372 g/mol. The Bertz CT molecular complexity index is 1050. The number of carbonyl (C=O) groups is 2. The van der Waals surface area contributed by atoms with Gasteiger partial charge in [-0.2, -0.15) is 5.10 Å². The second kappa shape index (κ2) is 8.46. The van der Waals surface area contributed by atoms with Crippen molar-refractivity contribution >= 4 is 22.9 Å². The largest absolute Gasteiger partial charge is 0.469 e. The molecule has 3 aromatic rings. The molecule has 3 heterocycles. The van der Waals surface area contributed by atoms with E-state index < -0.39 is 0 Å². The van der Waals surface area contributed by atoms with Gasteiger partial charge in [0.25, 0.3) is 5.91 Å². The van der Waals surface area contributed by atoms with E-state index in [2.05, 4.69) is 15.2 Å². The molecule has 0 saturated carbocycles. The molecule has 1 amide bonds. The number of fused-ring (bicyclic) bond motifs is 1. The Morgan fingerprint density at radius 2 is 2.03 bits per heavy atom. The fourth-order valence-electron chi connectivity index (χ4n) is 3.24. The number of aryl methyl sites for hydroxylation is 2. The van der Waals surface area contributed by atoms with Crippen LogP contribution in [0.2, 0.25) is 0 Å². The molecule has 154 valence electrons. The van der Waals surface area contributed by atoms with Gasteiger partial charge in [-0.3, -0.25) is 9.59 Å². The molecule has 0 saturated heterocycles. The zero-order valence-electron chi connectivity index (χ0n) is 17.4. The van der Waals surface area contributed by atoms with Gasteiger partial charge in [-0.05, 0) is 46.2 Å². The maximum Gasteiger partial charge on any atom is 0.305 e. The summed E-state index contributed by atoms with van der Waals surface area (Å²) in [6, 6.07) is 3.78. The Morgan fingerprint density at radius 1 is 1.28 bits per heavy atom. The first-order valence-electron chi connectivity index (χ1n) is 9.62. The average Bonchev–Trinajstić information content (AvgIpc) is 3.26. The fourth-order valence-corrected chi connectivity index (χ4v) is 3.24. The topological polar surface area (TPSA) is 99.2 Å². The lowest BCUT2D eigenvalue weighted by Crippen LogP contribution is -2.25. The Labute approximate surface area is 169 Å². The lowest BCUT2D eigenvalue weighted by molar-refractivity contribution is -0.140.